The molecule has 0 aromatic heterocycles. The SMILES string of the molecule is CC(CN1C(=O)C2(CC2)N=C1c1ccc(-c2cccc(C#N)c2)cc1)C1(C)CCN(C(=O)C2CC2)C1. The molecule has 2 aromatic carbocycles. The summed E-state index contributed by atoms with van der Waals surface area (Å²) in [5.74, 6) is 1.71. The van der Waals surface area contributed by atoms with Gasteiger partial charge in [0, 0.05) is 31.1 Å². The zero-order valence-electron chi connectivity index (χ0n) is 21.0. The van der Waals surface area contributed by atoms with Crippen LogP contribution in [0.4, 0.5) is 0 Å². The van der Waals surface area contributed by atoms with Gasteiger partial charge in [-0.15, -0.1) is 0 Å². The second kappa shape index (κ2) is 8.30. The van der Waals surface area contributed by atoms with Gasteiger partial charge in [0.15, 0.2) is 0 Å². The van der Waals surface area contributed by atoms with E-state index in [1.54, 1.807) is 6.07 Å². The maximum absolute atomic E-state index is 13.5. The quantitative estimate of drug-likeness (QED) is 0.605. The third kappa shape index (κ3) is 3.91. The molecule has 0 radical (unpaired) electrons. The first-order valence-electron chi connectivity index (χ1n) is 13.1. The summed E-state index contributed by atoms with van der Waals surface area (Å²) in [5, 5.41) is 9.22. The Morgan fingerprint density at radius 1 is 1.11 bits per heavy atom. The van der Waals surface area contributed by atoms with Gasteiger partial charge in [0.2, 0.25) is 5.91 Å². The van der Waals surface area contributed by atoms with Crippen molar-refractivity contribution < 1.29 is 9.59 Å². The molecule has 0 N–H and O–H groups in total. The van der Waals surface area contributed by atoms with Crippen LogP contribution in [-0.2, 0) is 9.59 Å². The van der Waals surface area contributed by atoms with Gasteiger partial charge >= 0.3 is 0 Å². The zero-order valence-corrected chi connectivity index (χ0v) is 21.0. The van der Waals surface area contributed by atoms with Crippen LogP contribution in [0.25, 0.3) is 11.1 Å². The fraction of sp³-hybridized carbons (Fsp3) is 0.467. The molecule has 2 aliphatic heterocycles. The van der Waals surface area contributed by atoms with Crippen molar-refractivity contribution in [3.05, 3.63) is 59.7 Å². The van der Waals surface area contributed by atoms with Gasteiger partial charge in [0.1, 0.15) is 11.4 Å². The van der Waals surface area contributed by atoms with Crippen LogP contribution in [0.1, 0.15) is 57.1 Å². The number of carbonyl (C=O) groups excluding carboxylic acids is 2. The van der Waals surface area contributed by atoms with Gasteiger partial charge in [0.25, 0.3) is 5.91 Å². The second-order valence-electron chi connectivity index (χ2n) is 11.5. The molecule has 1 spiro atoms. The molecule has 4 aliphatic rings. The van der Waals surface area contributed by atoms with Crippen LogP contribution in [0.15, 0.2) is 53.5 Å². The summed E-state index contributed by atoms with van der Waals surface area (Å²) in [6, 6.07) is 17.9. The standard InChI is InChI=1S/C30H32N4O2/c1-20(29(2)14-15-33(19-29)27(35)24-10-11-24)18-34-26(32-30(12-13-30)28(34)36)23-8-6-22(7-9-23)25-5-3-4-21(16-25)17-31/h3-9,16,20,24H,10-15,18-19H2,1-2H3. The predicted octanol–water partition coefficient (Wildman–Crippen LogP) is 4.63. The molecule has 6 heteroatoms. The number of aliphatic imine (C=N–C) groups is 1. The van der Waals surface area contributed by atoms with Gasteiger partial charge in [0.05, 0.1) is 11.6 Å². The highest BCUT2D eigenvalue weighted by Gasteiger charge is 2.58. The first kappa shape index (κ1) is 23.0. The summed E-state index contributed by atoms with van der Waals surface area (Å²) in [7, 11) is 0. The number of carbonyl (C=O) groups is 2. The van der Waals surface area contributed by atoms with Crippen LogP contribution >= 0.6 is 0 Å². The van der Waals surface area contributed by atoms with Crippen molar-refractivity contribution in [2.75, 3.05) is 19.6 Å². The molecular formula is C30H32N4O2. The van der Waals surface area contributed by atoms with Crippen LogP contribution in [0.2, 0.25) is 0 Å². The molecule has 1 saturated heterocycles. The maximum atomic E-state index is 13.5. The summed E-state index contributed by atoms with van der Waals surface area (Å²) >= 11 is 0. The minimum Gasteiger partial charge on any atom is -0.342 e. The van der Waals surface area contributed by atoms with Crippen LogP contribution in [-0.4, -0.2) is 52.6 Å². The Hall–Kier alpha value is -3.46. The van der Waals surface area contributed by atoms with E-state index in [1.807, 2.05) is 47.4 Å². The topological polar surface area (TPSA) is 76.8 Å². The fourth-order valence-electron chi connectivity index (χ4n) is 5.73. The van der Waals surface area contributed by atoms with Crippen molar-refractivity contribution in [1.29, 1.82) is 5.26 Å². The van der Waals surface area contributed by atoms with E-state index in [1.165, 1.54) is 0 Å². The molecule has 2 amide bonds. The number of rotatable bonds is 6. The number of hydrogen-bond acceptors (Lipinski definition) is 4. The normalized spacial score (nSPS) is 25.1. The maximum Gasteiger partial charge on any atom is 0.256 e. The molecule has 36 heavy (non-hydrogen) atoms. The Kier molecular flexibility index (Phi) is 5.29. The number of amides is 2. The van der Waals surface area contributed by atoms with E-state index in [2.05, 4.69) is 24.8 Å². The number of nitriles is 1. The highest BCUT2D eigenvalue weighted by Crippen LogP contribution is 2.47. The largest absolute Gasteiger partial charge is 0.342 e. The summed E-state index contributed by atoms with van der Waals surface area (Å²) in [5.41, 5.74) is 3.04. The molecule has 6 nitrogen and oxygen atoms in total. The number of benzene rings is 2. The lowest BCUT2D eigenvalue weighted by molar-refractivity contribution is -0.132. The van der Waals surface area contributed by atoms with Crippen LogP contribution in [0.3, 0.4) is 0 Å². The molecule has 6 rings (SSSR count). The van der Waals surface area contributed by atoms with E-state index < -0.39 is 5.54 Å². The van der Waals surface area contributed by atoms with Crippen LogP contribution < -0.4 is 0 Å². The second-order valence-corrected chi connectivity index (χ2v) is 11.5. The minimum atomic E-state index is -0.556. The lowest BCUT2D eigenvalue weighted by Crippen LogP contribution is -2.44. The van der Waals surface area contributed by atoms with Crippen molar-refractivity contribution >= 4 is 17.6 Å². The Bertz CT molecular complexity index is 1300. The van der Waals surface area contributed by atoms with Gasteiger partial charge in [-0.25, -0.2) is 0 Å². The van der Waals surface area contributed by atoms with Crippen LogP contribution in [0, 0.1) is 28.6 Å². The monoisotopic (exact) mass is 480 g/mol. The van der Waals surface area contributed by atoms with Crippen molar-refractivity contribution in [2.24, 2.45) is 22.2 Å². The molecule has 2 aromatic rings. The smallest absolute Gasteiger partial charge is 0.256 e. The summed E-state index contributed by atoms with van der Waals surface area (Å²) < 4.78 is 0. The van der Waals surface area contributed by atoms with Crippen molar-refractivity contribution in [2.45, 2.75) is 51.5 Å². The Morgan fingerprint density at radius 2 is 1.83 bits per heavy atom. The van der Waals surface area contributed by atoms with Gasteiger partial charge in [-0.1, -0.05) is 50.2 Å². The van der Waals surface area contributed by atoms with Gasteiger partial charge in [-0.05, 0) is 66.7 Å². The molecule has 2 saturated carbocycles. The molecule has 2 unspecified atom stereocenters. The van der Waals surface area contributed by atoms with Gasteiger partial charge in [-0.3, -0.25) is 19.5 Å². The van der Waals surface area contributed by atoms with E-state index in [0.29, 0.717) is 18.0 Å². The molecule has 2 heterocycles. The third-order valence-corrected chi connectivity index (χ3v) is 8.80. The first-order chi connectivity index (χ1) is 17.3. The van der Waals surface area contributed by atoms with Gasteiger partial charge < -0.3 is 4.90 Å². The highest BCUT2D eigenvalue weighted by molar-refractivity contribution is 6.16. The molecule has 3 fully saturated rings. The van der Waals surface area contributed by atoms with Crippen molar-refractivity contribution in [1.82, 2.24) is 9.80 Å². The molecule has 2 atom stereocenters. The number of hydrogen-bond donors (Lipinski definition) is 0. The first-order valence-corrected chi connectivity index (χ1v) is 13.1. The number of likely N-dealkylation sites (tertiary alicyclic amines) is 1. The average molecular weight is 481 g/mol. The summed E-state index contributed by atoms with van der Waals surface area (Å²) in [6.45, 7) is 6.71. The lowest BCUT2D eigenvalue weighted by atomic mass is 9.77. The zero-order chi connectivity index (χ0) is 25.1. The lowest BCUT2D eigenvalue weighted by Gasteiger charge is -2.35. The fourth-order valence-corrected chi connectivity index (χ4v) is 5.73. The van der Waals surface area contributed by atoms with Crippen molar-refractivity contribution in [3.63, 3.8) is 0 Å². The molecule has 2 aliphatic carbocycles. The third-order valence-electron chi connectivity index (χ3n) is 8.80. The Labute approximate surface area is 212 Å². The van der Waals surface area contributed by atoms with E-state index in [9.17, 15) is 14.9 Å². The Morgan fingerprint density at radius 3 is 2.50 bits per heavy atom. The molecular weight excluding hydrogens is 448 g/mol. The highest BCUT2D eigenvalue weighted by atomic mass is 16.2. The summed E-state index contributed by atoms with van der Waals surface area (Å²) in [6.07, 6.45) is 4.69. The van der Waals surface area contributed by atoms with E-state index in [-0.39, 0.29) is 23.2 Å². The minimum absolute atomic E-state index is 0.00907. The number of nitrogens with zero attached hydrogens (tertiary/aromatic N) is 4. The Balaban J connectivity index is 1.21. The average Bonchev–Trinajstić information content (AvgIpc) is 3.83. The van der Waals surface area contributed by atoms with Gasteiger partial charge in [-0.2, -0.15) is 5.26 Å². The number of amidine groups is 1. The molecule has 0 bridgehead atoms. The summed E-state index contributed by atoms with van der Waals surface area (Å²) in [4.78, 5) is 35.0. The molecule has 184 valence electrons. The van der Waals surface area contributed by atoms with E-state index >= 15 is 0 Å². The predicted molar refractivity (Wildman–Crippen MR) is 138 cm³/mol. The van der Waals surface area contributed by atoms with E-state index in [4.69, 9.17) is 4.99 Å². The van der Waals surface area contributed by atoms with Crippen molar-refractivity contribution in [3.8, 4) is 17.2 Å². The van der Waals surface area contributed by atoms with Crippen LogP contribution in [0.5, 0.6) is 0 Å². The van der Waals surface area contributed by atoms with E-state index in [0.717, 1.165) is 67.7 Å².